The molecule has 6 atom stereocenters. The van der Waals surface area contributed by atoms with Gasteiger partial charge in [-0.25, -0.2) is 10.2 Å². The van der Waals surface area contributed by atoms with E-state index in [2.05, 4.69) is 36.5 Å². The van der Waals surface area contributed by atoms with Gasteiger partial charge in [-0.05, 0) is 86.5 Å². The lowest BCUT2D eigenvalue weighted by Crippen LogP contribution is -2.50. The van der Waals surface area contributed by atoms with Crippen molar-refractivity contribution < 1.29 is 19.1 Å². The van der Waals surface area contributed by atoms with Gasteiger partial charge in [-0.15, -0.1) is 0 Å². The van der Waals surface area contributed by atoms with Crippen LogP contribution in [0, 0.1) is 28.6 Å². The summed E-state index contributed by atoms with van der Waals surface area (Å²) in [5, 5.41) is 4.35. The number of carbonyl (C=O) groups is 2. The molecule has 4 aliphatic rings. The highest BCUT2D eigenvalue weighted by Gasteiger charge is 2.57. The number of allylic oxidation sites excluding steroid dienone is 3. The Labute approximate surface area is 191 Å². The Morgan fingerprint density at radius 2 is 1.84 bits per heavy atom. The molecule has 0 aliphatic heterocycles. The van der Waals surface area contributed by atoms with Gasteiger partial charge in [0.15, 0.2) is 0 Å². The van der Waals surface area contributed by atoms with Crippen molar-refractivity contribution in [1.29, 1.82) is 0 Å². The first-order valence-electron chi connectivity index (χ1n) is 12.2. The monoisotopic (exact) mass is 442 g/mol. The van der Waals surface area contributed by atoms with Crippen molar-refractivity contribution in [3.05, 3.63) is 23.3 Å². The molecule has 0 heterocycles. The van der Waals surface area contributed by atoms with Crippen LogP contribution in [0.15, 0.2) is 28.4 Å². The molecular formula is C26H38N2O4. The smallest absolute Gasteiger partial charge is 0.427 e. The number of esters is 1. The number of fused-ring (bicyclic) bond motifs is 5. The molecule has 4 rings (SSSR count). The number of carbonyl (C=O) groups excluding carboxylic acids is 2. The van der Waals surface area contributed by atoms with Crippen LogP contribution < -0.4 is 5.43 Å². The predicted octanol–water partition coefficient (Wildman–Crippen LogP) is 5.54. The maximum Gasteiger partial charge on any atom is 0.427 e. The summed E-state index contributed by atoms with van der Waals surface area (Å²) in [5.41, 5.74) is 6.54. The molecule has 0 radical (unpaired) electrons. The average molecular weight is 443 g/mol. The van der Waals surface area contributed by atoms with E-state index in [1.165, 1.54) is 24.5 Å². The highest BCUT2D eigenvalue weighted by molar-refractivity contribution is 6.00. The van der Waals surface area contributed by atoms with Crippen molar-refractivity contribution in [2.24, 2.45) is 33.7 Å². The summed E-state index contributed by atoms with van der Waals surface area (Å²) in [6.07, 6.45) is 11.9. The SMILES string of the molecule is CCOC(=O)N/N=C(/C)C1=CCC2C3CC=C4C[C@@H](OC(C)=O)CC[C@]4(C)C3CC[C@]12C. The summed E-state index contributed by atoms with van der Waals surface area (Å²) in [4.78, 5) is 23.1. The van der Waals surface area contributed by atoms with Crippen molar-refractivity contribution in [3.63, 3.8) is 0 Å². The fourth-order valence-corrected chi connectivity index (χ4v) is 7.44. The molecule has 0 aromatic carbocycles. The third kappa shape index (κ3) is 3.90. The van der Waals surface area contributed by atoms with E-state index in [0.717, 1.165) is 44.2 Å². The molecule has 2 fully saturated rings. The summed E-state index contributed by atoms with van der Waals surface area (Å²) in [7, 11) is 0. The quantitative estimate of drug-likeness (QED) is 0.268. The van der Waals surface area contributed by atoms with Crippen LogP contribution in [0.5, 0.6) is 0 Å². The van der Waals surface area contributed by atoms with Gasteiger partial charge in [0.1, 0.15) is 6.10 Å². The number of hydrogen-bond acceptors (Lipinski definition) is 5. The summed E-state index contributed by atoms with van der Waals surface area (Å²) < 4.78 is 10.5. The van der Waals surface area contributed by atoms with Crippen LogP contribution in [0.4, 0.5) is 4.79 Å². The van der Waals surface area contributed by atoms with Gasteiger partial charge in [-0.1, -0.05) is 31.6 Å². The molecule has 0 bridgehead atoms. The van der Waals surface area contributed by atoms with Crippen molar-refractivity contribution in [2.45, 2.75) is 85.7 Å². The number of hydrogen-bond donors (Lipinski definition) is 1. The van der Waals surface area contributed by atoms with E-state index in [0.29, 0.717) is 24.4 Å². The van der Waals surface area contributed by atoms with Crippen LogP contribution in [-0.4, -0.2) is 30.5 Å². The fraction of sp³-hybridized carbons (Fsp3) is 0.731. The maximum absolute atomic E-state index is 11.7. The molecular weight excluding hydrogens is 404 g/mol. The summed E-state index contributed by atoms with van der Waals surface area (Å²) in [5.74, 6) is 1.78. The van der Waals surface area contributed by atoms with Gasteiger partial charge in [0, 0.05) is 13.3 Å². The summed E-state index contributed by atoms with van der Waals surface area (Å²) in [6, 6.07) is 0. The Morgan fingerprint density at radius 3 is 2.56 bits per heavy atom. The molecule has 0 saturated heterocycles. The van der Waals surface area contributed by atoms with Gasteiger partial charge in [0.05, 0.1) is 12.3 Å². The Kier molecular flexibility index (Phi) is 6.25. The Bertz CT molecular complexity index is 875. The zero-order chi connectivity index (χ0) is 23.1. The highest BCUT2D eigenvalue weighted by atomic mass is 16.6. The lowest BCUT2D eigenvalue weighted by Gasteiger charge is -2.57. The van der Waals surface area contributed by atoms with Crippen molar-refractivity contribution in [3.8, 4) is 0 Å². The Hall–Kier alpha value is -2.11. The summed E-state index contributed by atoms with van der Waals surface area (Å²) in [6.45, 7) is 10.5. The molecule has 0 spiro atoms. The van der Waals surface area contributed by atoms with Crippen LogP contribution in [0.1, 0.15) is 79.6 Å². The Balaban J connectivity index is 1.51. The number of nitrogens with zero attached hydrogens (tertiary/aromatic N) is 1. The predicted molar refractivity (Wildman–Crippen MR) is 124 cm³/mol. The number of nitrogens with one attached hydrogen (secondary N) is 1. The van der Waals surface area contributed by atoms with E-state index in [1.807, 2.05) is 6.92 Å². The zero-order valence-electron chi connectivity index (χ0n) is 20.2. The van der Waals surface area contributed by atoms with Gasteiger partial charge in [-0.3, -0.25) is 4.79 Å². The topological polar surface area (TPSA) is 77.0 Å². The van der Waals surface area contributed by atoms with Crippen molar-refractivity contribution in [1.82, 2.24) is 5.43 Å². The van der Waals surface area contributed by atoms with Crippen LogP contribution in [0.2, 0.25) is 0 Å². The lowest BCUT2D eigenvalue weighted by molar-refractivity contribution is -0.148. The molecule has 32 heavy (non-hydrogen) atoms. The molecule has 6 heteroatoms. The minimum absolute atomic E-state index is 0.0442. The van der Waals surface area contributed by atoms with E-state index in [1.54, 1.807) is 6.92 Å². The average Bonchev–Trinajstić information content (AvgIpc) is 3.09. The largest absolute Gasteiger partial charge is 0.462 e. The second-order valence-corrected chi connectivity index (χ2v) is 10.6. The maximum atomic E-state index is 11.7. The molecule has 176 valence electrons. The van der Waals surface area contributed by atoms with Crippen molar-refractivity contribution >= 4 is 17.8 Å². The summed E-state index contributed by atoms with van der Waals surface area (Å²) >= 11 is 0. The standard InChI is InChI=1S/C26H38N2O4/c1-6-31-24(30)28-27-16(2)21-9-10-22-20-8-7-18-15-19(32-17(3)29)11-13-25(18,4)23(20)12-14-26(21,22)5/h7,9,19-20,22-23H,6,8,10-15H2,1-5H3,(H,28,30)/b27-16-/t19-,20?,22?,23?,25-,26+/m0/s1. The van der Waals surface area contributed by atoms with E-state index in [9.17, 15) is 9.59 Å². The van der Waals surface area contributed by atoms with E-state index >= 15 is 0 Å². The molecule has 0 aromatic heterocycles. The number of hydrazone groups is 1. The second-order valence-electron chi connectivity index (χ2n) is 10.6. The molecule has 3 unspecified atom stereocenters. The first-order chi connectivity index (χ1) is 15.2. The van der Waals surface area contributed by atoms with Gasteiger partial charge in [0.25, 0.3) is 0 Å². The zero-order valence-corrected chi connectivity index (χ0v) is 20.2. The molecule has 1 amide bonds. The van der Waals surface area contributed by atoms with Crippen LogP contribution >= 0.6 is 0 Å². The highest BCUT2D eigenvalue weighted by Crippen LogP contribution is 2.65. The van der Waals surface area contributed by atoms with Crippen molar-refractivity contribution in [2.75, 3.05) is 6.61 Å². The Morgan fingerprint density at radius 1 is 1.09 bits per heavy atom. The first kappa shape index (κ1) is 23.1. The van der Waals surface area contributed by atoms with Gasteiger partial charge < -0.3 is 9.47 Å². The number of ether oxygens (including phenoxy) is 2. The molecule has 1 N–H and O–H groups in total. The minimum atomic E-state index is -0.502. The van der Waals surface area contributed by atoms with Gasteiger partial charge in [-0.2, -0.15) is 5.10 Å². The number of rotatable bonds is 4. The second kappa shape index (κ2) is 8.68. The fourth-order valence-electron chi connectivity index (χ4n) is 7.44. The lowest BCUT2D eigenvalue weighted by atomic mass is 9.47. The van der Waals surface area contributed by atoms with Crippen LogP contribution in [0.3, 0.4) is 0 Å². The third-order valence-corrected chi connectivity index (χ3v) is 8.95. The minimum Gasteiger partial charge on any atom is -0.462 e. The van der Waals surface area contributed by atoms with E-state index in [4.69, 9.17) is 9.47 Å². The van der Waals surface area contributed by atoms with Gasteiger partial charge >= 0.3 is 12.1 Å². The molecule has 0 aromatic rings. The molecule has 4 aliphatic carbocycles. The molecule has 6 nitrogen and oxygen atoms in total. The first-order valence-corrected chi connectivity index (χ1v) is 12.2. The normalized spacial score (nSPS) is 38.5. The van der Waals surface area contributed by atoms with Crippen LogP contribution in [-0.2, 0) is 14.3 Å². The number of amides is 1. The van der Waals surface area contributed by atoms with E-state index < -0.39 is 6.09 Å². The van der Waals surface area contributed by atoms with E-state index in [-0.39, 0.29) is 22.9 Å². The third-order valence-electron chi connectivity index (χ3n) is 8.95. The van der Waals surface area contributed by atoms with Crippen LogP contribution in [0.25, 0.3) is 0 Å². The molecule has 2 saturated carbocycles. The van der Waals surface area contributed by atoms with Gasteiger partial charge in [0.2, 0.25) is 0 Å².